The van der Waals surface area contributed by atoms with Gasteiger partial charge in [-0.1, -0.05) is 11.6 Å². The van der Waals surface area contributed by atoms with Crippen molar-refractivity contribution in [3.63, 3.8) is 0 Å². The summed E-state index contributed by atoms with van der Waals surface area (Å²) in [6.45, 7) is 1.21. The third-order valence-electron chi connectivity index (χ3n) is 3.72. The van der Waals surface area contributed by atoms with Gasteiger partial charge >= 0.3 is 0 Å². The number of carbonyl (C=O) groups is 1. The van der Waals surface area contributed by atoms with Crippen molar-refractivity contribution in [2.75, 3.05) is 13.6 Å². The molecule has 2 heterocycles. The van der Waals surface area contributed by atoms with Crippen molar-refractivity contribution in [3.8, 4) is 0 Å². The maximum Gasteiger partial charge on any atom is 0.224 e. The molecule has 0 aliphatic heterocycles. The molecule has 0 spiro atoms. The zero-order valence-corrected chi connectivity index (χ0v) is 13.6. The lowest BCUT2D eigenvalue weighted by atomic mass is 10.3. The van der Waals surface area contributed by atoms with Crippen LogP contribution in [0.3, 0.4) is 0 Å². The van der Waals surface area contributed by atoms with Gasteiger partial charge in [-0.15, -0.1) is 0 Å². The highest BCUT2D eigenvalue weighted by Gasteiger charge is 2.10. The summed E-state index contributed by atoms with van der Waals surface area (Å²) in [5, 5.41) is 4.77. The lowest BCUT2D eigenvalue weighted by Crippen LogP contribution is -2.29. The number of nitrogens with one attached hydrogen (secondary N) is 1. The molecule has 0 saturated heterocycles. The number of aryl methyl sites for hydroxylation is 1. The fraction of sp³-hybridized carbons (Fsp3) is 0.312. The van der Waals surface area contributed by atoms with Crippen LogP contribution < -0.4 is 0 Å². The Hall–Kier alpha value is -2.34. The number of hydrogen-bond acceptors (Lipinski definition) is 3. The smallest absolute Gasteiger partial charge is 0.224 e. The Morgan fingerprint density at radius 2 is 2.30 bits per heavy atom. The molecule has 0 aliphatic carbocycles. The highest BCUT2D eigenvalue weighted by molar-refractivity contribution is 6.31. The maximum absolute atomic E-state index is 12.1. The molecular formula is C16H18ClN5O. The number of benzene rings is 1. The highest BCUT2D eigenvalue weighted by atomic mass is 35.5. The van der Waals surface area contributed by atoms with E-state index in [0.29, 0.717) is 31.0 Å². The predicted octanol–water partition coefficient (Wildman–Crippen LogP) is 2.50. The quantitative estimate of drug-likeness (QED) is 0.754. The largest absolute Gasteiger partial charge is 0.345 e. The van der Waals surface area contributed by atoms with Crippen molar-refractivity contribution in [1.82, 2.24) is 24.6 Å². The number of aromatic nitrogens is 4. The van der Waals surface area contributed by atoms with E-state index in [0.717, 1.165) is 16.9 Å². The van der Waals surface area contributed by atoms with E-state index in [1.165, 1.54) is 0 Å². The predicted molar refractivity (Wildman–Crippen MR) is 89.3 cm³/mol. The molecule has 0 bridgehead atoms. The van der Waals surface area contributed by atoms with Crippen LogP contribution in [0.1, 0.15) is 12.2 Å². The number of rotatable bonds is 6. The molecule has 23 heavy (non-hydrogen) atoms. The molecule has 0 unspecified atom stereocenters. The molecule has 3 aromatic rings. The number of fused-ring (bicyclic) bond motifs is 1. The number of carbonyl (C=O) groups excluding carboxylic acids is 1. The highest BCUT2D eigenvalue weighted by Crippen LogP contribution is 2.17. The lowest BCUT2D eigenvalue weighted by Gasteiger charge is -2.16. The molecule has 1 amide bonds. The summed E-state index contributed by atoms with van der Waals surface area (Å²) in [6.07, 6.45) is 4.68. The van der Waals surface area contributed by atoms with E-state index in [2.05, 4.69) is 15.1 Å². The third-order valence-corrected chi connectivity index (χ3v) is 3.95. The normalized spacial score (nSPS) is 11.0. The fourth-order valence-corrected chi connectivity index (χ4v) is 2.56. The monoisotopic (exact) mass is 331 g/mol. The van der Waals surface area contributed by atoms with Gasteiger partial charge in [0.25, 0.3) is 0 Å². The van der Waals surface area contributed by atoms with Crippen LogP contribution in [0.4, 0.5) is 0 Å². The minimum atomic E-state index is 0.0969. The number of H-pyrrole nitrogens is 1. The second-order valence-corrected chi connectivity index (χ2v) is 5.87. The van der Waals surface area contributed by atoms with Crippen LogP contribution >= 0.6 is 11.6 Å². The lowest BCUT2D eigenvalue weighted by molar-refractivity contribution is -0.130. The van der Waals surface area contributed by atoms with E-state index in [1.54, 1.807) is 15.8 Å². The van der Waals surface area contributed by atoms with E-state index < -0.39 is 0 Å². The van der Waals surface area contributed by atoms with Crippen molar-refractivity contribution in [1.29, 1.82) is 0 Å². The Morgan fingerprint density at radius 3 is 3.09 bits per heavy atom. The Kier molecular flexibility index (Phi) is 4.62. The van der Waals surface area contributed by atoms with Crippen LogP contribution in [-0.2, 0) is 17.8 Å². The fourth-order valence-electron chi connectivity index (χ4n) is 2.39. The summed E-state index contributed by atoms with van der Waals surface area (Å²) in [5.74, 6) is 0.952. The van der Waals surface area contributed by atoms with Crippen LogP contribution in [0, 0.1) is 0 Å². The summed E-state index contributed by atoms with van der Waals surface area (Å²) >= 11 is 5.97. The zero-order valence-electron chi connectivity index (χ0n) is 12.9. The van der Waals surface area contributed by atoms with Crippen LogP contribution in [0.5, 0.6) is 0 Å². The first-order valence-electron chi connectivity index (χ1n) is 7.47. The molecule has 0 saturated carbocycles. The molecular weight excluding hydrogens is 314 g/mol. The number of amides is 1. The molecule has 2 aromatic heterocycles. The number of nitrogens with zero attached hydrogens (tertiary/aromatic N) is 4. The van der Waals surface area contributed by atoms with Crippen LogP contribution in [0.25, 0.3) is 11.0 Å². The minimum Gasteiger partial charge on any atom is -0.345 e. The average molecular weight is 332 g/mol. The SMILES string of the molecule is CN(CCc1nc2ccc(Cl)cc2[nH]1)C(=O)CCn1cccn1. The van der Waals surface area contributed by atoms with Crippen LogP contribution in [0.2, 0.25) is 5.02 Å². The Bertz CT molecular complexity index is 796. The Balaban J connectivity index is 1.52. The Morgan fingerprint density at radius 1 is 1.43 bits per heavy atom. The van der Waals surface area contributed by atoms with Crippen molar-refractivity contribution in [3.05, 3.63) is 47.5 Å². The van der Waals surface area contributed by atoms with Gasteiger partial charge in [0, 0.05) is 50.4 Å². The maximum atomic E-state index is 12.1. The summed E-state index contributed by atoms with van der Waals surface area (Å²) in [7, 11) is 1.81. The number of hydrogen-bond donors (Lipinski definition) is 1. The molecule has 0 aliphatic rings. The van der Waals surface area contributed by atoms with E-state index in [-0.39, 0.29) is 5.91 Å². The summed E-state index contributed by atoms with van der Waals surface area (Å²) in [6, 6.07) is 7.41. The number of aromatic amines is 1. The summed E-state index contributed by atoms with van der Waals surface area (Å²) in [5.41, 5.74) is 1.80. The topological polar surface area (TPSA) is 66.8 Å². The minimum absolute atomic E-state index is 0.0969. The molecule has 1 aromatic carbocycles. The van der Waals surface area contributed by atoms with Gasteiger partial charge in [-0.3, -0.25) is 9.48 Å². The van der Waals surface area contributed by atoms with Crippen molar-refractivity contribution < 1.29 is 4.79 Å². The van der Waals surface area contributed by atoms with E-state index in [4.69, 9.17) is 11.6 Å². The number of halogens is 1. The van der Waals surface area contributed by atoms with Gasteiger partial charge in [0.05, 0.1) is 11.0 Å². The van der Waals surface area contributed by atoms with Gasteiger partial charge in [-0.05, 0) is 24.3 Å². The third kappa shape index (κ3) is 3.90. The first-order chi connectivity index (χ1) is 11.1. The second-order valence-electron chi connectivity index (χ2n) is 5.43. The van der Waals surface area contributed by atoms with Gasteiger partial charge in [0.15, 0.2) is 0 Å². The van der Waals surface area contributed by atoms with Crippen molar-refractivity contribution in [2.24, 2.45) is 0 Å². The summed E-state index contributed by atoms with van der Waals surface area (Å²) < 4.78 is 1.76. The molecule has 0 fully saturated rings. The molecule has 0 radical (unpaired) electrons. The molecule has 6 nitrogen and oxygen atoms in total. The van der Waals surface area contributed by atoms with Gasteiger partial charge < -0.3 is 9.88 Å². The van der Waals surface area contributed by atoms with Gasteiger partial charge in [0.2, 0.25) is 5.91 Å². The first kappa shape index (κ1) is 15.6. The van der Waals surface area contributed by atoms with Crippen LogP contribution in [0.15, 0.2) is 36.7 Å². The molecule has 0 atom stereocenters. The molecule has 120 valence electrons. The number of likely N-dealkylation sites (N-methyl/N-ethyl adjacent to an activating group) is 1. The van der Waals surface area contributed by atoms with E-state index in [9.17, 15) is 4.79 Å². The van der Waals surface area contributed by atoms with Crippen LogP contribution in [-0.4, -0.2) is 44.1 Å². The van der Waals surface area contributed by atoms with E-state index >= 15 is 0 Å². The first-order valence-corrected chi connectivity index (χ1v) is 7.85. The molecule has 7 heteroatoms. The second kappa shape index (κ2) is 6.83. The van der Waals surface area contributed by atoms with Crippen molar-refractivity contribution >= 4 is 28.5 Å². The van der Waals surface area contributed by atoms with Crippen molar-refractivity contribution in [2.45, 2.75) is 19.4 Å². The summed E-state index contributed by atoms with van der Waals surface area (Å²) in [4.78, 5) is 21.6. The molecule has 3 rings (SSSR count). The van der Waals surface area contributed by atoms with Gasteiger partial charge in [-0.2, -0.15) is 5.10 Å². The zero-order chi connectivity index (χ0) is 16.2. The van der Waals surface area contributed by atoms with Gasteiger partial charge in [0.1, 0.15) is 5.82 Å². The Labute approximate surface area is 139 Å². The van der Waals surface area contributed by atoms with E-state index in [1.807, 2.05) is 37.5 Å². The number of imidazole rings is 1. The molecule has 1 N–H and O–H groups in total. The average Bonchev–Trinajstić information content (AvgIpc) is 3.18. The van der Waals surface area contributed by atoms with Gasteiger partial charge in [-0.25, -0.2) is 4.98 Å². The standard InChI is InChI=1S/C16H18ClN5O/c1-21(16(23)6-10-22-8-2-7-18-22)9-5-15-19-13-4-3-12(17)11-14(13)20-15/h2-4,7-8,11H,5-6,9-10H2,1H3,(H,19,20).